The molecule has 1 aromatic rings. The second-order valence-electron chi connectivity index (χ2n) is 7.81. The number of hydrogen-bond donors (Lipinski definition) is 1. The molecule has 150 valence electrons. The van der Waals surface area contributed by atoms with Crippen molar-refractivity contribution in [2.45, 2.75) is 71.3 Å². The summed E-state index contributed by atoms with van der Waals surface area (Å²) in [4.78, 5) is 32.4. The fourth-order valence-corrected chi connectivity index (χ4v) is 4.76. The number of nitrogens with zero attached hydrogens (tertiary/aromatic N) is 2. The van der Waals surface area contributed by atoms with Gasteiger partial charge in [-0.2, -0.15) is 0 Å². The average Bonchev–Trinajstić information content (AvgIpc) is 3.36. The molecule has 0 radical (unpaired) electrons. The van der Waals surface area contributed by atoms with Crippen LogP contribution < -0.4 is 5.32 Å². The van der Waals surface area contributed by atoms with Gasteiger partial charge < -0.3 is 15.0 Å². The number of aryl methyl sites for hydroxylation is 2. The third kappa shape index (κ3) is 6.01. The van der Waals surface area contributed by atoms with E-state index >= 15 is 0 Å². The number of rotatable bonds is 8. The first kappa shape index (κ1) is 20.3. The minimum atomic E-state index is -0.184. The summed E-state index contributed by atoms with van der Waals surface area (Å²) in [5.41, 5.74) is 0.930. The van der Waals surface area contributed by atoms with Gasteiger partial charge in [-0.05, 0) is 39.0 Å². The van der Waals surface area contributed by atoms with Crippen molar-refractivity contribution in [2.75, 3.05) is 25.0 Å². The van der Waals surface area contributed by atoms with Gasteiger partial charge >= 0.3 is 0 Å². The molecule has 2 amide bonds. The normalized spacial score (nSPS) is 20.1. The summed E-state index contributed by atoms with van der Waals surface area (Å²) in [6.07, 6.45) is 8.55. The predicted molar refractivity (Wildman–Crippen MR) is 107 cm³/mol. The fourth-order valence-electron chi connectivity index (χ4n) is 3.93. The Morgan fingerprint density at radius 1 is 1.22 bits per heavy atom. The van der Waals surface area contributed by atoms with Crippen LogP contribution in [0.25, 0.3) is 0 Å². The fraction of sp³-hybridized carbons (Fsp3) is 0.750. The van der Waals surface area contributed by atoms with Gasteiger partial charge in [0.1, 0.15) is 6.54 Å². The highest BCUT2D eigenvalue weighted by atomic mass is 32.1. The van der Waals surface area contributed by atoms with E-state index in [1.807, 2.05) is 13.8 Å². The third-order valence-corrected chi connectivity index (χ3v) is 6.64. The molecular formula is C20H31N3O3S. The van der Waals surface area contributed by atoms with E-state index in [4.69, 9.17) is 4.74 Å². The number of anilines is 1. The van der Waals surface area contributed by atoms with E-state index in [0.717, 1.165) is 36.4 Å². The van der Waals surface area contributed by atoms with Crippen LogP contribution in [0.2, 0.25) is 0 Å². The molecule has 2 fully saturated rings. The molecular weight excluding hydrogens is 362 g/mol. The maximum absolute atomic E-state index is 12.8. The topological polar surface area (TPSA) is 71.5 Å². The van der Waals surface area contributed by atoms with E-state index in [2.05, 4.69) is 10.3 Å². The Bertz CT molecular complexity index is 629. The molecule has 1 N–H and O–H groups in total. The highest BCUT2D eigenvalue weighted by molar-refractivity contribution is 7.15. The first-order valence-corrected chi connectivity index (χ1v) is 11.0. The standard InChI is InChI=1S/C20H31N3O3S/c1-14-15(2)27-20(21-14)22-18(24)13-23(12-17-8-5-11-26-17)19(25)10-9-16-6-3-4-7-16/h16-17H,3-13H2,1-2H3,(H,21,22,24). The number of hydrogen-bond acceptors (Lipinski definition) is 5. The lowest BCUT2D eigenvalue weighted by Gasteiger charge is -2.25. The van der Waals surface area contributed by atoms with Crippen LogP contribution in [0, 0.1) is 19.8 Å². The first-order valence-electron chi connectivity index (χ1n) is 10.1. The molecule has 2 heterocycles. The van der Waals surface area contributed by atoms with E-state index in [1.54, 1.807) is 4.90 Å². The molecule has 27 heavy (non-hydrogen) atoms. The largest absolute Gasteiger partial charge is 0.376 e. The zero-order valence-corrected chi connectivity index (χ0v) is 17.3. The van der Waals surface area contributed by atoms with Crippen LogP contribution in [-0.4, -0.2) is 47.5 Å². The third-order valence-electron chi connectivity index (χ3n) is 5.65. The van der Waals surface area contributed by atoms with Crippen molar-refractivity contribution in [3.8, 4) is 0 Å². The second kappa shape index (κ2) is 9.64. The zero-order valence-electron chi connectivity index (χ0n) is 16.5. The highest BCUT2D eigenvalue weighted by Gasteiger charge is 2.25. The van der Waals surface area contributed by atoms with Gasteiger partial charge in [0.2, 0.25) is 11.8 Å². The Hall–Kier alpha value is -1.47. The smallest absolute Gasteiger partial charge is 0.245 e. The van der Waals surface area contributed by atoms with E-state index in [1.165, 1.54) is 37.0 Å². The van der Waals surface area contributed by atoms with E-state index < -0.39 is 0 Å². The molecule has 0 spiro atoms. The van der Waals surface area contributed by atoms with Gasteiger partial charge in [0.25, 0.3) is 0 Å². The molecule has 7 heteroatoms. The highest BCUT2D eigenvalue weighted by Crippen LogP contribution is 2.29. The van der Waals surface area contributed by atoms with Crippen LogP contribution in [0.5, 0.6) is 0 Å². The summed E-state index contributed by atoms with van der Waals surface area (Å²) in [5.74, 6) is 0.559. The van der Waals surface area contributed by atoms with Crippen LogP contribution in [-0.2, 0) is 14.3 Å². The van der Waals surface area contributed by atoms with Crippen molar-refractivity contribution in [3.05, 3.63) is 10.6 Å². The van der Waals surface area contributed by atoms with Gasteiger partial charge in [-0.3, -0.25) is 9.59 Å². The number of amides is 2. The lowest BCUT2D eigenvalue weighted by Crippen LogP contribution is -2.42. The number of carbonyl (C=O) groups excluding carboxylic acids is 2. The Morgan fingerprint density at radius 3 is 2.63 bits per heavy atom. The molecule has 1 unspecified atom stereocenters. The van der Waals surface area contributed by atoms with Gasteiger partial charge in [0.05, 0.1) is 11.8 Å². The van der Waals surface area contributed by atoms with Gasteiger partial charge in [-0.15, -0.1) is 11.3 Å². The van der Waals surface area contributed by atoms with Gasteiger partial charge in [0, 0.05) is 24.4 Å². The van der Waals surface area contributed by atoms with Crippen molar-refractivity contribution < 1.29 is 14.3 Å². The summed E-state index contributed by atoms with van der Waals surface area (Å²) in [6.45, 7) is 5.24. The van der Waals surface area contributed by atoms with Crippen LogP contribution in [0.3, 0.4) is 0 Å². The maximum Gasteiger partial charge on any atom is 0.245 e. The van der Waals surface area contributed by atoms with Crippen LogP contribution >= 0.6 is 11.3 Å². The number of thiazole rings is 1. The lowest BCUT2D eigenvalue weighted by molar-refractivity contribution is -0.136. The molecule has 1 atom stereocenters. The van der Waals surface area contributed by atoms with E-state index in [9.17, 15) is 9.59 Å². The molecule has 1 aliphatic carbocycles. The molecule has 1 aromatic heterocycles. The molecule has 6 nitrogen and oxygen atoms in total. The molecule has 1 saturated heterocycles. The molecule has 1 aliphatic heterocycles. The van der Waals surface area contributed by atoms with Crippen molar-refractivity contribution in [1.82, 2.24) is 9.88 Å². The van der Waals surface area contributed by atoms with Gasteiger partial charge in [-0.1, -0.05) is 25.7 Å². The van der Waals surface area contributed by atoms with Gasteiger partial charge in [0.15, 0.2) is 5.13 Å². The summed E-state index contributed by atoms with van der Waals surface area (Å²) >= 11 is 1.47. The average molecular weight is 394 g/mol. The number of aromatic nitrogens is 1. The number of ether oxygens (including phenoxy) is 1. The second-order valence-corrected chi connectivity index (χ2v) is 9.01. The molecule has 0 bridgehead atoms. The summed E-state index contributed by atoms with van der Waals surface area (Å²) in [6, 6.07) is 0. The van der Waals surface area contributed by atoms with Gasteiger partial charge in [-0.25, -0.2) is 4.98 Å². The van der Waals surface area contributed by atoms with Crippen molar-refractivity contribution in [2.24, 2.45) is 5.92 Å². The Labute approximate surface area is 165 Å². The Balaban J connectivity index is 1.55. The maximum atomic E-state index is 12.8. The molecule has 0 aromatic carbocycles. The van der Waals surface area contributed by atoms with E-state index in [0.29, 0.717) is 24.0 Å². The Morgan fingerprint density at radius 2 is 2.00 bits per heavy atom. The summed E-state index contributed by atoms with van der Waals surface area (Å²) in [5, 5.41) is 3.45. The van der Waals surface area contributed by atoms with Crippen molar-refractivity contribution in [3.63, 3.8) is 0 Å². The zero-order chi connectivity index (χ0) is 19.2. The molecule has 2 aliphatic rings. The molecule has 3 rings (SSSR count). The minimum absolute atomic E-state index is 0.0533. The van der Waals surface area contributed by atoms with E-state index in [-0.39, 0.29) is 24.5 Å². The summed E-state index contributed by atoms with van der Waals surface area (Å²) < 4.78 is 5.69. The lowest BCUT2D eigenvalue weighted by atomic mass is 10.0. The Kier molecular flexibility index (Phi) is 7.24. The van der Waals surface area contributed by atoms with Crippen molar-refractivity contribution in [1.29, 1.82) is 0 Å². The minimum Gasteiger partial charge on any atom is -0.376 e. The van der Waals surface area contributed by atoms with Crippen LogP contribution in [0.15, 0.2) is 0 Å². The first-order chi connectivity index (χ1) is 13.0. The monoisotopic (exact) mass is 393 g/mol. The van der Waals surface area contributed by atoms with Crippen molar-refractivity contribution >= 4 is 28.3 Å². The number of carbonyl (C=O) groups is 2. The number of nitrogens with one attached hydrogen (secondary N) is 1. The quantitative estimate of drug-likeness (QED) is 0.731. The van der Waals surface area contributed by atoms with Crippen LogP contribution in [0.4, 0.5) is 5.13 Å². The van der Waals surface area contributed by atoms with Crippen LogP contribution in [0.1, 0.15) is 61.9 Å². The SMILES string of the molecule is Cc1nc(NC(=O)CN(CC2CCCO2)C(=O)CCC2CCCC2)sc1C. The molecule has 1 saturated carbocycles. The summed E-state index contributed by atoms with van der Waals surface area (Å²) in [7, 11) is 0. The predicted octanol–water partition coefficient (Wildman–Crippen LogP) is 3.68.